The third kappa shape index (κ3) is 31.5. The maximum atomic E-state index is 12.0. The highest BCUT2D eigenvalue weighted by molar-refractivity contribution is 5.75. The maximum absolute atomic E-state index is 12.0. The van der Waals surface area contributed by atoms with Crippen molar-refractivity contribution in [1.82, 2.24) is 5.32 Å². The second kappa shape index (κ2) is 31.6. The molecule has 2 N–H and O–H groups in total. The van der Waals surface area contributed by atoms with E-state index in [1.54, 1.807) is 0 Å². The molecule has 0 aliphatic rings. The molecule has 0 aliphatic carbocycles. The average Bonchev–Trinajstić information content (AvgIpc) is 2.89. The number of rotatable bonds is 31. The second-order valence-corrected chi connectivity index (χ2v) is 11.4. The van der Waals surface area contributed by atoms with Gasteiger partial charge >= 0.3 is 0 Å². The Bertz CT molecular complexity index is 443. The summed E-state index contributed by atoms with van der Waals surface area (Å²) >= 11 is 0. The summed E-state index contributed by atoms with van der Waals surface area (Å²) < 4.78 is 5.65. The smallest absolute Gasteiger partial charge is 0.221 e. The summed E-state index contributed by atoms with van der Waals surface area (Å²) in [7, 11) is 0. The number of aliphatic hydroxyl groups excluding tert-OH is 1. The normalized spacial score (nSPS) is 12.2. The molecule has 1 amide bonds. The highest BCUT2D eigenvalue weighted by Gasteiger charge is 2.08. The van der Waals surface area contributed by atoms with E-state index < -0.39 is 6.23 Å². The van der Waals surface area contributed by atoms with Gasteiger partial charge in [0.05, 0.1) is 6.61 Å². The van der Waals surface area contributed by atoms with E-state index in [2.05, 4.69) is 19.2 Å². The lowest BCUT2D eigenvalue weighted by Crippen LogP contribution is -2.35. The zero-order valence-electron chi connectivity index (χ0n) is 25.3. The van der Waals surface area contributed by atoms with Gasteiger partial charge in [0.25, 0.3) is 0 Å². The number of aliphatic hydroxyl groups is 1. The minimum absolute atomic E-state index is 0.0310. The predicted molar refractivity (Wildman–Crippen MR) is 161 cm³/mol. The van der Waals surface area contributed by atoms with E-state index in [1.807, 2.05) is 0 Å². The number of carbonyl (C=O) groups excluding carboxylic acids is 1. The Kier molecular flexibility index (Phi) is 31.1. The average molecular weight is 526 g/mol. The molecule has 37 heavy (non-hydrogen) atoms. The highest BCUT2D eigenvalue weighted by atomic mass is 16.5. The molecule has 0 aromatic carbocycles. The molecule has 4 heteroatoms. The van der Waals surface area contributed by atoms with Gasteiger partial charge in [-0.05, 0) is 12.8 Å². The first-order valence-electron chi connectivity index (χ1n) is 16.8. The number of unbranched alkanes of at least 4 members (excludes halogenated alkanes) is 23. The first kappa shape index (κ1) is 36.4. The van der Waals surface area contributed by atoms with Crippen molar-refractivity contribution in [3.8, 4) is 0 Å². The topological polar surface area (TPSA) is 58.6 Å². The highest BCUT2D eigenvalue weighted by Crippen LogP contribution is 2.14. The van der Waals surface area contributed by atoms with Crippen LogP contribution in [0.25, 0.3) is 0 Å². The summed E-state index contributed by atoms with van der Waals surface area (Å²) in [5.41, 5.74) is 0. The summed E-state index contributed by atoms with van der Waals surface area (Å²) in [6, 6.07) is 0. The Morgan fingerprint density at radius 3 is 1.30 bits per heavy atom. The molecule has 0 fully saturated rings. The van der Waals surface area contributed by atoms with Crippen molar-refractivity contribution in [2.75, 3.05) is 13.2 Å². The Morgan fingerprint density at radius 2 is 0.892 bits per heavy atom. The molecular formula is C33H67NO3. The van der Waals surface area contributed by atoms with Gasteiger partial charge in [-0.3, -0.25) is 4.79 Å². The van der Waals surface area contributed by atoms with E-state index in [0.29, 0.717) is 19.4 Å². The molecule has 0 spiro atoms. The lowest BCUT2D eigenvalue weighted by molar-refractivity contribution is -0.124. The van der Waals surface area contributed by atoms with Crippen molar-refractivity contribution in [2.45, 2.75) is 193 Å². The van der Waals surface area contributed by atoms with E-state index in [9.17, 15) is 9.90 Å². The zero-order valence-corrected chi connectivity index (χ0v) is 25.3. The van der Waals surface area contributed by atoms with Crippen molar-refractivity contribution in [3.63, 3.8) is 0 Å². The SMILES string of the molecule is CCCCCCCCCCCCCCCC(=O)NC(O)CCOCCCCCCCCCCCCCC. The van der Waals surface area contributed by atoms with E-state index >= 15 is 0 Å². The molecule has 0 heterocycles. The largest absolute Gasteiger partial charge is 0.381 e. The van der Waals surface area contributed by atoms with Crippen LogP contribution in [0.5, 0.6) is 0 Å². The molecule has 222 valence electrons. The summed E-state index contributed by atoms with van der Waals surface area (Å²) in [5.74, 6) is -0.0310. The fourth-order valence-electron chi connectivity index (χ4n) is 4.98. The molecule has 0 saturated carbocycles. The van der Waals surface area contributed by atoms with Crippen LogP contribution in [0.1, 0.15) is 187 Å². The zero-order chi connectivity index (χ0) is 27.1. The van der Waals surface area contributed by atoms with Crippen LogP contribution in [0, 0.1) is 0 Å². The first-order chi connectivity index (χ1) is 18.2. The molecule has 0 rings (SSSR count). The number of carbonyl (C=O) groups is 1. The molecule has 0 aromatic rings. The van der Waals surface area contributed by atoms with Crippen LogP contribution in [0.2, 0.25) is 0 Å². The molecule has 4 nitrogen and oxygen atoms in total. The molecule has 0 bridgehead atoms. The quantitative estimate of drug-likeness (QED) is 0.0699. The molecule has 0 aromatic heterocycles. The fourth-order valence-corrected chi connectivity index (χ4v) is 4.98. The molecule has 0 radical (unpaired) electrons. The lowest BCUT2D eigenvalue weighted by atomic mass is 10.0. The van der Waals surface area contributed by atoms with Crippen molar-refractivity contribution < 1.29 is 14.6 Å². The molecule has 1 atom stereocenters. The van der Waals surface area contributed by atoms with Gasteiger partial charge in [0.15, 0.2) is 0 Å². The van der Waals surface area contributed by atoms with Gasteiger partial charge in [-0.1, -0.05) is 162 Å². The van der Waals surface area contributed by atoms with Crippen molar-refractivity contribution in [2.24, 2.45) is 0 Å². The predicted octanol–water partition coefficient (Wildman–Crippen LogP) is 10.0. The third-order valence-electron chi connectivity index (χ3n) is 7.51. The van der Waals surface area contributed by atoms with Crippen LogP contribution in [-0.4, -0.2) is 30.5 Å². The van der Waals surface area contributed by atoms with Crippen LogP contribution in [-0.2, 0) is 9.53 Å². The Hall–Kier alpha value is -0.610. The van der Waals surface area contributed by atoms with Crippen LogP contribution >= 0.6 is 0 Å². The van der Waals surface area contributed by atoms with Gasteiger partial charge in [-0.25, -0.2) is 0 Å². The minimum Gasteiger partial charge on any atom is -0.381 e. The van der Waals surface area contributed by atoms with Crippen LogP contribution < -0.4 is 5.32 Å². The second-order valence-electron chi connectivity index (χ2n) is 11.4. The number of hydrogen-bond acceptors (Lipinski definition) is 3. The Labute approximate surface area is 232 Å². The summed E-state index contributed by atoms with van der Waals surface area (Å²) in [5, 5.41) is 12.7. The van der Waals surface area contributed by atoms with Gasteiger partial charge in [-0.15, -0.1) is 0 Å². The minimum atomic E-state index is -0.781. The summed E-state index contributed by atoms with van der Waals surface area (Å²) in [6.45, 7) is 5.82. The van der Waals surface area contributed by atoms with E-state index in [4.69, 9.17) is 4.74 Å². The molecule has 0 saturated heterocycles. The maximum Gasteiger partial charge on any atom is 0.221 e. The van der Waals surface area contributed by atoms with Gasteiger partial charge in [0, 0.05) is 19.4 Å². The monoisotopic (exact) mass is 526 g/mol. The summed E-state index contributed by atoms with van der Waals surface area (Å²) in [4.78, 5) is 12.0. The lowest BCUT2D eigenvalue weighted by Gasteiger charge is -2.13. The van der Waals surface area contributed by atoms with Gasteiger partial charge in [0.2, 0.25) is 5.91 Å². The van der Waals surface area contributed by atoms with E-state index in [1.165, 1.54) is 141 Å². The van der Waals surface area contributed by atoms with Crippen molar-refractivity contribution in [1.29, 1.82) is 0 Å². The first-order valence-corrected chi connectivity index (χ1v) is 16.8. The van der Waals surface area contributed by atoms with Crippen LogP contribution in [0.3, 0.4) is 0 Å². The van der Waals surface area contributed by atoms with Gasteiger partial charge in [0.1, 0.15) is 6.23 Å². The standard InChI is InChI=1S/C33H67NO3/c1-3-5-7-9-11-13-15-17-18-20-22-24-26-28-32(35)34-33(36)29-31-37-30-27-25-23-21-19-16-14-12-10-8-6-4-2/h33,36H,3-31H2,1-2H3,(H,34,35). The number of amides is 1. The third-order valence-corrected chi connectivity index (χ3v) is 7.51. The summed E-state index contributed by atoms with van der Waals surface area (Å²) in [6.07, 6.45) is 33.3. The van der Waals surface area contributed by atoms with E-state index in [0.717, 1.165) is 25.9 Å². The van der Waals surface area contributed by atoms with Crippen molar-refractivity contribution >= 4 is 5.91 Å². The Balaban J connectivity index is 3.27. The molecule has 1 unspecified atom stereocenters. The molecular weight excluding hydrogens is 458 g/mol. The number of nitrogens with one attached hydrogen (secondary N) is 1. The Morgan fingerprint density at radius 1 is 0.541 bits per heavy atom. The van der Waals surface area contributed by atoms with Crippen molar-refractivity contribution in [3.05, 3.63) is 0 Å². The van der Waals surface area contributed by atoms with Crippen LogP contribution in [0.4, 0.5) is 0 Å². The van der Waals surface area contributed by atoms with Gasteiger partial charge in [-0.2, -0.15) is 0 Å². The molecule has 0 aliphatic heterocycles. The number of hydrogen-bond donors (Lipinski definition) is 2. The fraction of sp³-hybridized carbons (Fsp3) is 0.970. The van der Waals surface area contributed by atoms with E-state index in [-0.39, 0.29) is 5.91 Å². The van der Waals surface area contributed by atoms with Gasteiger partial charge < -0.3 is 15.2 Å². The number of ether oxygens (including phenoxy) is 1. The van der Waals surface area contributed by atoms with Crippen LogP contribution in [0.15, 0.2) is 0 Å².